The van der Waals surface area contributed by atoms with Gasteiger partial charge in [-0.05, 0) is 36.6 Å². The molecule has 10 heteroatoms. The van der Waals surface area contributed by atoms with Gasteiger partial charge in [-0.1, -0.05) is 23.9 Å². The molecular weight excluding hydrogens is 436 g/mol. The van der Waals surface area contributed by atoms with E-state index in [0.29, 0.717) is 17.9 Å². The molecule has 0 aliphatic carbocycles. The van der Waals surface area contributed by atoms with Crippen LogP contribution in [0.3, 0.4) is 0 Å². The van der Waals surface area contributed by atoms with Gasteiger partial charge in [0.1, 0.15) is 0 Å². The fraction of sp³-hybridized carbons (Fsp3) is 0.286. The number of fused-ring (bicyclic) bond motifs is 1. The minimum atomic E-state index is -0.428. The topological polar surface area (TPSA) is 107 Å². The van der Waals surface area contributed by atoms with Crippen molar-refractivity contribution in [3.63, 3.8) is 0 Å². The van der Waals surface area contributed by atoms with Crippen LogP contribution in [0.25, 0.3) is 10.2 Å². The molecule has 1 aromatic heterocycles. The molecule has 4 rings (SSSR count). The molecule has 1 N–H and O–H groups in total. The van der Waals surface area contributed by atoms with Crippen LogP contribution in [0.2, 0.25) is 0 Å². The highest BCUT2D eigenvalue weighted by molar-refractivity contribution is 8.01. The van der Waals surface area contributed by atoms with Crippen molar-refractivity contribution in [3.05, 3.63) is 58.1 Å². The second-order valence-electron chi connectivity index (χ2n) is 6.97. The molecule has 31 heavy (non-hydrogen) atoms. The number of aliphatic imine (C=N–C) groups is 1. The van der Waals surface area contributed by atoms with Crippen LogP contribution < -0.4 is 5.32 Å². The third kappa shape index (κ3) is 5.87. The van der Waals surface area contributed by atoms with E-state index in [4.69, 9.17) is 4.74 Å². The minimum absolute atomic E-state index is 0.0259. The number of carbonyl (C=O) groups is 1. The maximum Gasteiger partial charge on any atom is 0.270 e. The summed E-state index contributed by atoms with van der Waals surface area (Å²) in [4.78, 5) is 31.5. The van der Waals surface area contributed by atoms with Crippen LogP contribution in [-0.4, -0.2) is 47.0 Å². The predicted molar refractivity (Wildman–Crippen MR) is 123 cm³/mol. The van der Waals surface area contributed by atoms with Crippen molar-refractivity contribution >= 4 is 56.8 Å². The van der Waals surface area contributed by atoms with E-state index in [1.54, 1.807) is 18.3 Å². The first-order chi connectivity index (χ1) is 15.1. The molecule has 3 aromatic rings. The van der Waals surface area contributed by atoms with Crippen molar-refractivity contribution < 1.29 is 14.5 Å². The van der Waals surface area contributed by atoms with Crippen LogP contribution in [0.1, 0.15) is 18.4 Å². The van der Waals surface area contributed by atoms with Crippen molar-refractivity contribution in [1.29, 1.82) is 0 Å². The number of hydrogen-bond donors (Lipinski definition) is 1. The quantitative estimate of drug-likeness (QED) is 0.234. The summed E-state index contributed by atoms with van der Waals surface area (Å²) in [5.41, 5.74) is 2.27. The first-order valence-electron chi connectivity index (χ1n) is 9.77. The first-order valence-corrected chi connectivity index (χ1v) is 11.6. The molecule has 1 amide bonds. The molecule has 1 saturated heterocycles. The number of carbonyl (C=O) groups excluding carboxylic acids is 1. The summed E-state index contributed by atoms with van der Waals surface area (Å²) in [6, 6.07) is 12.0. The van der Waals surface area contributed by atoms with Crippen molar-refractivity contribution in [1.82, 2.24) is 10.3 Å². The van der Waals surface area contributed by atoms with Crippen molar-refractivity contribution in [2.75, 3.05) is 18.9 Å². The van der Waals surface area contributed by atoms with Crippen LogP contribution in [0.15, 0.2) is 51.8 Å². The third-order valence-corrected chi connectivity index (χ3v) is 6.83. The van der Waals surface area contributed by atoms with Gasteiger partial charge >= 0.3 is 0 Å². The first kappa shape index (κ1) is 21.4. The van der Waals surface area contributed by atoms with Gasteiger partial charge in [0.05, 0.1) is 32.7 Å². The Labute approximate surface area is 186 Å². The van der Waals surface area contributed by atoms with E-state index < -0.39 is 4.92 Å². The summed E-state index contributed by atoms with van der Waals surface area (Å²) in [6.07, 6.45) is 3.79. The summed E-state index contributed by atoms with van der Waals surface area (Å²) < 4.78 is 7.30. The lowest BCUT2D eigenvalue weighted by Gasteiger charge is -2.09. The molecule has 1 aliphatic heterocycles. The number of ether oxygens (including phenoxy) is 1. The summed E-state index contributed by atoms with van der Waals surface area (Å²) in [5.74, 6) is 0.284. The number of benzene rings is 2. The second-order valence-corrected chi connectivity index (χ2v) is 9.22. The van der Waals surface area contributed by atoms with E-state index in [0.717, 1.165) is 39.7 Å². The fourth-order valence-corrected chi connectivity index (χ4v) is 5.04. The largest absolute Gasteiger partial charge is 0.376 e. The van der Waals surface area contributed by atoms with Crippen molar-refractivity contribution in [2.24, 2.45) is 4.99 Å². The molecule has 0 bridgehead atoms. The Bertz CT molecular complexity index is 1130. The average molecular weight is 457 g/mol. The molecule has 1 aliphatic rings. The van der Waals surface area contributed by atoms with E-state index >= 15 is 0 Å². The number of nitrogens with zero attached hydrogens (tertiary/aromatic N) is 3. The molecule has 1 atom stereocenters. The number of nitro groups is 1. The maximum absolute atomic E-state index is 12.1. The number of nitrogens with one attached hydrogen (secondary N) is 1. The smallest absolute Gasteiger partial charge is 0.270 e. The Morgan fingerprint density at radius 3 is 3.10 bits per heavy atom. The Balaban J connectivity index is 1.36. The summed E-state index contributed by atoms with van der Waals surface area (Å²) >= 11 is 2.92. The van der Waals surface area contributed by atoms with Gasteiger partial charge in [0.2, 0.25) is 5.91 Å². The normalized spacial score (nSPS) is 16.2. The monoisotopic (exact) mass is 456 g/mol. The van der Waals surface area contributed by atoms with E-state index in [1.165, 1.54) is 35.2 Å². The molecule has 2 heterocycles. The molecule has 2 aromatic carbocycles. The standard InChI is InChI=1S/C21H20N4O4S2/c26-20(23-12-17-5-2-8-29-17)13-30-21-24-18-7-6-15(10-19(18)31-21)22-11-14-3-1-4-16(9-14)25(27)28/h1,3-4,6-7,9-11,17H,2,5,8,12-13H2,(H,23,26)/t17-/m0/s1. The van der Waals surface area contributed by atoms with Gasteiger partial charge in [-0.2, -0.15) is 0 Å². The number of nitro benzene ring substituents is 1. The van der Waals surface area contributed by atoms with Gasteiger partial charge in [-0.3, -0.25) is 19.9 Å². The molecule has 0 spiro atoms. The second kappa shape index (κ2) is 9.99. The Hall–Kier alpha value is -2.82. The van der Waals surface area contributed by atoms with Gasteiger partial charge in [-0.15, -0.1) is 11.3 Å². The predicted octanol–water partition coefficient (Wildman–Crippen LogP) is 4.34. The van der Waals surface area contributed by atoms with Crippen molar-refractivity contribution in [3.8, 4) is 0 Å². The zero-order valence-electron chi connectivity index (χ0n) is 16.5. The number of non-ortho nitro benzene ring substituents is 1. The lowest BCUT2D eigenvalue weighted by molar-refractivity contribution is -0.384. The lowest BCUT2D eigenvalue weighted by atomic mass is 10.2. The average Bonchev–Trinajstić information content (AvgIpc) is 3.44. The van der Waals surface area contributed by atoms with E-state index in [2.05, 4.69) is 15.3 Å². The molecule has 0 radical (unpaired) electrons. The van der Waals surface area contributed by atoms with Crippen LogP contribution in [-0.2, 0) is 9.53 Å². The highest BCUT2D eigenvalue weighted by atomic mass is 32.2. The zero-order valence-corrected chi connectivity index (χ0v) is 18.2. The molecule has 8 nitrogen and oxygen atoms in total. The molecular formula is C21H20N4O4S2. The van der Waals surface area contributed by atoms with Gasteiger partial charge in [0.15, 0.2) is 4.34 Å². The molecule has 0 saturated carbocycles. The van der Waals surface area contributed by atoms with Crippen LogP contribution in [0, 0.1) is 10.1 Å². The number of thiazole rings is 1. The summed E-state index contributed by atoms with van der Waals surface area (Å²) in [7, 11) is 0. The lowest BCUT2D eigenvalue weighted by Crippen LogP contribution is -2.32. The highest BCUT2D eigenvalue weighted by Crippen LogP contribution is 2.32. The van der Waals surface area contributed by atoms with E-state index in [9.17, 15) is 14.9 Å². The number of hydrogen-bond acceptors (Lipinski definition) is 8. The molecule has 160 valence electrons. The third-order valence-electron chi connectivity index (χ3n) is 4.67. The minimum Gasteiger partial charge on any atom is -0.376 e. The van der Waals surface area contributed by atoms with Crippen LogP contribution >= 0.6 is 23.1 Å². The van der Waals surface area contributed by atoms with Gasteiger partial charge in [-0.25, -0.2) is 4.98 Å². The van der Waals surface area contributed by atoms with Gasteiger partial charge < -0.3 is 10.1 Å². The van der Waals surface area contributed by atoms with Crippen molar-refractivity contribution in [2.45, 2.75) is 23.3 Å². The Morgan fingerprint density at radius 2 is 2.29 bits per heavy atom. The number of amides is 1. The SMILES string of the molecule is O=C(CSc1nc2ccc(N=Cc3cccc([N+](=O)[O-])c3)cc2s1)NC[C@@H]1CCCO1. The maximum atomic E-state index is 12.1. The van der Waals surface area contributed by atoms with Crippen LogP contribution in [0.5, 0.6) is 0 Å². The molecule has 0 unspecified atom stereocenters. The number of thioether (sulfide) groups is 1. The van der Waals surface area contributed by atoms with Gasteiger partial charge in [0, 0.05) is 31.5 Å². The Kier molecular flexibility index (Phi) is 6.90. The van der Waals surface area contributed by atoms with E-state index in [1.807, 2.05) is 18.2 Å². The summed E-state index contributed by atoms with van der Waals surface area (Å²) in [5, 5.41) is 13.8. The highest BCUT2D eigenvalue weighted by Gasteiger charge is 2.16. The number of rotatable bonds is 8. The fourth-order valence-electron chi connectivity index (χ4n) is 3.11. The molecule has 1 fully saturated rings. The zero-order chi connectivity index (χ0) is 21.6. The number of aromatic nitrogens is 1. The Morgan fingerprint density at radius 1 is 1.39 bits per heavy atom. The van der Waals surface area contributed by atoms with Gasteiger partial charge in [0.25, 0.3) is 5.69 Å². The van der Waals surface area contributed by atoms with Crippen LogP contribution in [0.4, 0.5) is 11.4 Å². The van der Waals surface area contributed by atoms with E-state index in [-0.39, 0.29) is 17.7 Å². The summed E-state index contributed by atoms with van der Waals surface area (Å²) in [6.45, 7) is 1.34.